The molecule has 1 rings (SSSR count). The highest BCUT2D eigenvalue weighted by Crippen LogP contribution is 2.13. The fourth-order valence-electron chi connectivity index (χ4n) is 1.40. The molecule has 0 aliphatic heterocycles. The van der Waals surface area contributed by atoms with Gasteiger partial charge in [0.15, 0.2) is 0 Å². The van der Waals surface area contributed by atoms with Gasteiger partial charge in [0.25, 0.3) is 0 Å². The monoisotopic (exact) mass is 211 g/mol. The molecule has 0 bridgehead atoms. The third-order valence-electron chi connectivity index (χ3n) is 2.16. The van der Waals surface area contributed by atoms with E-state index in [2.05, 4.69) is 19.2 Å². The molecule has 1 aromatic heterocycles. The maximum absolute atomic E-state index is 5.54. The van der Waals surface area contributed by atoms with Crippen LogP contribution in [0.5, 0.6) is 0 Å². The zero-order chi connectivity index (χ0) is 10.9. The molecule has 0 aliphatic rings. The van der Waals surface area contributed by atoms with Gasteiger partial charge in [-0.05, 0) is 31.5 Å². The van der Waals surface area contributed by atoms with E-state index in [1.54, 1.807) is 6.26 Å². The van der Waals surface area contributed by atoms with Crippen molar-refractivity contribution in [1.82, 2.24) is 5.32 Å². The molecule has 1 heterocycles. The Morgan fingerprint density at radius 1 is 1.40 bits per heavy atom. The molecule has 0 radical (unpaired) electrons. The summed E-state index contributed by atoms with van der Waals surface area (Å²) < 4.78 is 10.9. The van der Waals surface area contributed by atoms with Crippen LogP contribution in [0, 0.1) is 0 Å². The molecule has 0 fully saturated rings. The van der Waals surface area contributed by atoms with Gasteiger partial charge in [-0.2, -0.15) is 0 Å². The van der Waals surface area contributed by atoms with Crippen molar-refractivity contribution in [3.05, 3.63) is 24.2 Å². The van der Waals surface area contributed by atoms with Gasteiger partial charge in [-0.3, -0.25) is 0 Å². The maximum Gasteiger partial charge on any atom is 0.123 e. The van der Waals surface area contributed by atoms with Crippen LogP contribution >= 0.6 is 0 Å². The van der Waals surface area contributed by atoms with Gasteiger partial charge in [0, 0.05) is 6.61 Å². The summed E-state index contributed by atoms with van der Waals surface area (Å²) in [5.74, 6) is 0.958. The lowest BCUT2D eigenvalue weighted by Gasteiger charge is -2.16. The van der Waals surface area contributed by atoms with Gasteiger partial charge in [0.05, 0.1) is 18.9 Å². The topological polar surface area (TPSA) is 34.4 Å². The van der Waals surface area contributed by atoms with Crippen molar-refractivity contribution in [2.24, 2.45) is 0 Å². The predicted octanol–water partition coefficient (Wildman–Crippen LogP) is 2.75. The van der Waals surface area contributed by atoms with Crippen molar-refractivity contribution in [2.75, 3.05) is 19.8 Å². The van der Waals surface area contributed by atoms with Gasteiger partial charge >= 0.3 is 0 Å². The highest BCUT2D eigenvalue weighted by molar-refractivity contribution is 5.04. The van der Waals surface area contributed by atoms with Crippen LogP contribution in [0.3, 0.4) is 0 Å². The largest absolute Gasteiger partial charge is 0.468 e. The van der Waals surface area contributed by atoms with Crippen molar-refractivity contribution in [1.29, 1.82) is 0 Å². The quantitative estimate of drug-likeness (QED) is 0.671. The average molecular weight is 211 g/mol. The number of nitrogens with one attached hydrogen (secondary N) is 1. The standard InChI is InChI=1S/C12H21NO2/c1-3-7-13-11(10-14-8-4-2)12-6-5-9-15-12/h5-6,9,11,13H,3-4,7-8,10H2,1-2H3. The van der Waals surface area contributed by atoms with Crippen LogP contribution in [0.1, 0.15) is 38.5 Å². The second-order valence-electron chi connectivity index (χ2n) is 3.60. The van der Waals surface area contributed by atoms with E-state index in [0.717, 1.165) is 31.8 Å². The summed E-state index contributed by atoms with van der Waals surface area (Å²) in [6.07, 6.45) is 3.87. The summed E-state index contributed by atoms with van der Waals surface area (Å²) in [6.45, 7) is 6.74. The van der Waals surface area contributed by atoms with Crippen LogP contribution < -0.4 is 5.32 Å². The lowest BCUT2D eigenvalue weighted by Crippen LogP contribution is -2.26. The summed E-state index contributed by atoms with van der Waals surface area (Å²) in [7, 11) is 0. The molecule has 1 N–H and O–H groups in total. The molecule has 0 amide bonds. The first kappa shape index (κ1) is 12.3. The van der Waals surface area contributed by atoms with Crippen LogP contribution in [0.2, 0.25) is 0 Å². The maximum atomic E-state index is 5.54. The molecule has 0 saturated carbocycles. The van der Waals surface area contributed by atoms with Gasteiger partial charge in [-0.25, -0.2) is 0 Å². The fraction of sp³-hybridized carbons (Fsp3) is 0.667. The fourth-order valence-corrected chi connectivity index (χ4v) is 1.40. The van der Waals surface area contributed by atoms with Gasteiger partial charge in [-0.15, -0.1) is 0 Å². The van der Waals surface area contributed by atoms with Crippen molar-refractivity contribution in [3.8, 4) is 0 Å². The van der Waals surface area contributed by atoms with Crippen molar-refractivity contribution < 1.29 is 9.15 Å². The van der Waals surface area contributed by atoms with Crippen LogP contribution in [0.25, 0.3) is 0 Å². The number of rotatable bonds is 8. The van der Waals surface area contributed by atoms with E-state index in [1.807, 2.05) is 12.1 Å². The normalized spacial score (nSPS) is 12.9. The Balaban J connectivity index is 2.39. The van der Waals surface area contributed by atoms with E-state index in [1.165, 1.54) is 0 Å². The Kier molecular flexibility index (Phi) is 6.12. The molecule has 15 heavy (non-hydrogen) atoms. The van der Waals surface area contributed by atoms with Crippen molar-refractivity contribution >= 4 is 0 Å². The lowest BCUT2D eigenvalue weighted by molar-refractivity contribution is 0.105. The van der Waals surface area contributed by atoms with Gasteiger partial charge < -0.3 is 14.5 Å². The SMILES string of the molecule is CCCNC(COCCC)c1ccco1. The molecule has 1 unspecified atom stereocenters. The number of hydrogen-bond acceptors (Lipinski definition) is 3. The zero-order valence-corrected chi connectivity index (χ0v) is 9.66. The molecule has 0 aliphatic carbocycles. The number of hydrogen-bond donors (Lipinski definition) is 1. The first-order valence-electron chi connectivity index (χ1n) is 5.73. The molecule has 86 valence electrons. The highest BCUT2D eigenvalue weighted by atomic mass is 16.5. The summed E-state index contributed by atoms with van der Waals surface area (Å²) >= 11 is 0. The molecule has 3 heteroatoms. The van der Waals surface area contributed by atoms with E-state index < -0.39 is 0 Å². The van der Waals surface area contributed by atoms with Crippen LogP contribution in [-0.2, 0) is 4.74 Å². The number of ether oxygens (including phenoxy) is 1. The first-order chi connectivity index (χ1) is 7.38. The average Bonchev–Trinajstić information content (AvgIpc) is 2.76. The smallest absolute Gasteiger partial charge is 0.123 e. The second kappa shape index (κ2) is 7.49. The molecule has 1 atom stereocenters. The zero-order valence-electron chi connectivity index (χ0n) is 9.66. The molecule has 0 spiro atoms. The molecular weight excluding hydrogens is 190 g/mol. The number of furan rings is 1. The van der Waals surface area contributed by atoms with E-state index >= 15 is 0 Å². The summed E-state index contributed by atoms with van der Waals surface area (Å²) in [6, 6.07) is 4.09. The van der Waals surface area contributed by atoms with Crippen LogP contribution in [0.4, 0.5) is 0 Å². The Bertz CT molecular complexity index is 234. The Labute approximate surface area is 91.8 Å². The summed E-state index contributed by atoms with van der Waals surface area (Å²) in [4.78, 5) is 0. The molecule has 0 aromatic carbocycles. The molecule has 1 aromatic rings. The summed E-state index contributed by atoms with van der Waals surface area (Å²) in [5, 5.41) is 3.41. The Morgan fingerprint density at radius 2 is 2.27 bits per heavy atom. The Morgan fingerprint density at radius 3 is 2.87 bits per heavy atom. The van der Waals surface area contributed by atoms with E-state index in [9.17, 15) is 0 Å². The van der Waals surface area contributed by atoms with Crippen molar-refractivity contribution in [3.63, 3.8) is 0 Å². The highest BCUT2D eigenvalue weighted by Gasteiger charge is 2.12. The summed E-state index contributed by atoms with van der Waals surface area (Å²) in [5.41, 5.74) is 0. The van der Waals surface area contributed by atoms with Gasteiger partial charge in [-0.1, -0.05) is 13.8 Å². The lowest BCUT2D eigenvalue weighted by atomic mass is 10.2. The minimum absolute atomic E-state index is 0.187. The second-order valence-corrected chi connectivity index (χ2v) is 3.60. The van der Waals surface area contributed by atoms with Crippen molar-refractivity contribution in [2.45, 2.75) is 32.7 Å². The van der Waals surface area contributed by atoms with Crippen LogP contribution in [-0.4, -0.2) is 19.8 Å². The minimum atomic E-state index is 0.187. The van der Waals surface area contributed by atoms with E-state index in [4.69, 9.17) is 9.15 Å². The Hall–Kier alpha value is -0.800. The van der Waals surface area contributed by atoms with Crippen LogP contribution in [0.15, 0.2) is 22.8 Å². The predicted molar refractivity (Wildman–Crippen MR) is 60.9 cm³/mol. The van der Waals surface area contributed by atoms with E-state index in [0.29, 0.717) is 6.61 Å². The minimum Gasteiger partial charge on any atom is -0.468 e. The third kappa shape index (κ3) is 4.49. The first-order valence-corrected chi connectivity index (χ1v) is 5.73. The van der Waals surface area contributed by atoms with Gasteiger partial charge in [0.1, 0.15) is 5.76 Å². The molecule has 0 saturated heterocycles. The van der Waals surface area contributed by atoms with E-state index in [-0.39, 0.29) is 6.04 Å². The molecule has 3 nitrogen and oxygen atoms in total. The molecular formula is C12H21NO2. The third-order valence-corrected chi connectivity index (χ3v) is 2.16. The van der Waals surface area contributed by atoms with Gasteiger partial charge in [0.2, 0.25) is 0 Å².